The fraction of sp³-hybridized carbons (Fsp3) is 0.381. The summed E-state index contributed by atoms with van der Waals surface area (Å²) < 4.78 is 32.4. The van der Waals surface area contributed by atoms with Crippen LogP contribution in [0.15, 0.2) is 41.3 Å². The molecule has 0 atom stereocenters. The Morgan fingerprint density at radius 1 is 1.18 bits per heavy atom. The molecule has 0 radical (unpaired) electrons. The van der Waals surface area contributed by atoms with Crippen molar-refractivity contribution in [2.75, 3.05) is 24.5 Å². The molecule has 1 aliphatic rings. The molecule has 0 saturated heterocycles. The number of anilines is 1. The third kappa shape index (κ3) is 3.77. The van der Waals surface area contributed by atoms with Gasteiger partial charge in [0.15, 0.2) is 0 Å². The van der Waals surface area contributed by atoms with Gasteiger partial charge in [0.25, 0.3) is 15.9 Å². The maximum Gasteiger partial charge on any atom is 0.264 e. The van der Waals surface area contributed by atoms with Crippen LogP contribution in [0.1, 0.15) is 36.2 Å². The lowest BCUT2D eigenvalue weighted by molar-refractivity contribution is 0.0757. The highest BCUT2D eigenvalue weighted by molar-refractivity contribution is 7.93. The minimum Gasteiger partial charge on any atom is -0.379 e. The van der Waals surface area contributed by atoms with Crippen molar-refractivity contribution >= 4 is 21.6 Å². The highest BCUT2D eigenvalue weighted by atomic mass is 32.2. The minimum atomic E-state index is -3.60. The molecule has 3 rings (SSSR count). The van der Waals surface area contributed by atoms with Gasteiger partial charge in [0.2, 0.25) is 0 Å². The lowest BCUT2D eigenvalue weighted by Crippen LogP contribution is -2.32. The summed E-state index contributed by atoms with van der Waals surface area (Å²) in [5.41, 5.74) is 3.25. The van der Waals surface area contributed by atoms with Gasteiger partial charge in [0.1, 0.15) is 0 Å². The van der Waals surface area contributed by atoms with Gasteiger partial charge in [-0.3, -0.25) is 9.10 Å². The van der Waals surface area contributed by atoms with Crippen LogP contribution in [0.25, 0.3) is 11.1 Å². The van der Waals surface area contributed by atoms with Gasteiger partial charge < -0.3 is 10.1 Å². The zero-order valence-electron chi connectivity index (χ0n) is 16.7. The van der Waals surface area contributed by atoms with E-state index in [9.17, 15) is 13.2 Å². The largest absolute Gasteiger partial charge is 0.379 e. The number of nitrogens with one attached hydrogen (secondary N) is 1. The molecule has 150 valence electrons. The number of hydrogen-bond acceptors (Lipinski definition) is 4. The van der Waals surface area contributed by atoms with E-state index in [1.165, 1.54) is 4.31 Å². The topological polar surface area (TPSA) is 75.7 Å². The summed E-state index contributed by atoms with van der Waals surface area (Å²) in [7, 11) is -2.05. The minimum absolute atomic E-state index is 0.173. The number of ether oxygens (including phenoxy) is 1. The maximum atomic E-state index is 12.8. The number of sulfonamides is 1. The fourth-order valence-electron chi connectivity index (χ4n) is 3.41. The van der Waals surface area contributed by atoms with Gasteiger partial charge in [0.05, 0.1) is 16.7 Å². The number of nitrogens with zero attached hydrogens (tertiary/aromatic N) is 1. The first-order chi connectivity index (χ1) is 13.2. The average molecular weight is 403 g/mol. The first-order valence-electron chi connectivity index (χ1n) is 9.36. The van der Waals surface area contributed by atoms with Gasteiger partial charge in [-0.1, -0.05) is 18.2 Å². The molecule has 6 nitrogen and oxygen atoms in total. The van der Waals surface area contributed by atoms with Gasteiger partial charge in [0, 0.05) is 36.9 Å². The average Bonchev–Trinajstić information content (AvgIpc) is 2.65. The maximum absolute atomic E-state index is 12.8. The third-order valence-corrected chi connectivity index (χ3v) is 6.57. The van der Waals surface area contributed by atoms with E-state index in [2.05, 4.69) is 5.32 Å². The molecule has 7 heteroatoms. The second-order valence-corrected chi connectivity index (χ2v) is 9.12. The van der Waals surface area contributed by atoms with Crippen LogP contribution in [0.3, 0.4) is 0 Å². The van der Waals surface area contributed by atoms with E-state index >= 15 is 0 Å². The van der Waals surface area contributed by atoms with Gasteiger partial charge >= 0.3 is 0 Å². The van der Waals surface area contributed by atoms with Crippen LogP contribution in [0, 0.1) is 6.92 Å². The Kier molecular flexibility index (Phi) is 5.76. The molecule has 0 fully saturated rings. The van der Waals surface area contributed by atoms with Crippen molar-refractivity contribution in [2.24, 2.45) is 0 Å². The van der Waals surface area contributed by atoms with Crippen molar-refractivity contribution in [1.29, 1.82) is 0 Å². The van der Waals surface area contributed by atoms with Crippen LogP contribution in [0.4, 0.5) is 5.69 Å². The first-order valence-corrected chi connectivity index (χ1v) is 10.8. The molecular weight excluding hydrogens is 376 g/mol. The molecule has 1 heterocycles. The Hall–Kier alpha value is -2.38. The zero-order valence-corrected chi connectivity index (χ0v) is 17.5. The van der Waals surface area contributed by atoms with Gasteiger partial charge in [-0.15, -0.1) is 0 Å². The van der Waals surface area contributed by atoms with Crippen LogP contribution in [0.5, 0.6) is 0 Å². The number of rotatable bonds is 6. The van der Waals surface area contributed by atoms with E-state index in [4.69, 9.17) is 4.74 Å². The van der Waals surface area contributed by atoms with Crippen molar-refractivity contribution in [2.45, 2.75) is 38.2 Å². The zero-order chi connectivity index (χ0) is 20.5. The molecular formula is C21H26N2O4S. The molecule has 28 heavy (non-hydrogen) atoms. The summed E-state index contributed by atoms with van der Waals surface area (Å²) in [6.07, 6.45) is 0.907. The number of hydrogen-bond donors (Lipinski definition) is 1. The summed E-state index contributed by atoms with van der Waals surface area (Å²) in [5, 5.41) is 2.91. The summed E-state index contributed by atoms with van der Waals surface area (Å²) in [4.78, 5) is 12.9. The number of carbonyl (C=O) groups excluding carboxylic acids is 1. The Bertz CT molecular complexity index is 999. The lowest BCUT2D eigenvalue weighted by Gasteiger charge is -2.31. The molecule has 1 N–H and O–H groups in total. The first kappa shape index (κ1) is 20.4. The highest BCUT2D eigenvalue weighted by Crippen LogP contribution is 2.44. The predicted octanol–water partition coefficient (Wildman–Crippen LogP) is 3.35. The van der Waals surface area contributed by atoms with E-state index in [1.807, 2.05) is 20.8 Å². The molecule has 0 spiro atoms. The van der Waals surface area contributed by atoms with Crippen LogP contribution in [0.2, 0.25) is 0 Å². The van der Waals surface area contributed by atoms with Crippen LogP contribution in [-0.2, 0) is 14.8 Å². The highest BCUT2D eigenvalue weighted by Gasteiger charge is 2.33. The lowest BCUT2D eigenvalue weighted by atomic mass is 9.96. The van der Waals surface area contributed by atoms with E-state index in [0.29, 0.717) is 30.0 Å². The van der Waals surface area contributed by atoms with Crippen molar-refractivity contribution in [3.05, 3.63) is 47.5 Å². The van der Waals surface area contributed by atoms with Crippen molar-refractivity contribution in [1.82, 2.24) is 5.32 Å². The summed E-state index contributed by atoms with van der Waals surface area (Å²) >= 11 is 0. The smallest absolute Gasteiger partial charge is 0.264 e. The Labute approximate surface area is 166 Å². The second-order valence-electron chi connectivity index (χ2n) is 7.19. The monoisotopic (exact) mass is 402 g/mol. The second kappa shape index (κ2) is 7.93. The molecule has 0 unspecified atom stereocenters. The van der Waals surface area contributed by atoms with Gasteiger partial charge in [-0.2, -0.15) is 0 Å². The van der Waals surface area contributed by atoms with Crippen molar-refractivity contribution in [3.63, 3.8) is 0 Å². The number of benzene rings is 2. The number of carbonyl (C=O) groups is 1. The van der Waals surface area contributed by atoms with Gasteiger partial charge in [-0.05, 0) is 51.0 Å². The quantitative estimate of drug-likeness (QED) is 0.752. The molecule has 0 aromatic heterocycles. The van der Waals surface area contributed by atoms with E-state index < -0.39 is 10.0 Å². The molecule has 1 amide bonds. The molecule has 2 aromatic rings. The Morgan fingerprint density at radius 2 is 1.89 bits per heavy atom. The normalized spacial score (nSPS) is 14.5. The van der Waals surface area contributed by atoms with Crippen molar-refractivity contribution < 1.29 is 17.9 Å². The molecule has 0 saturated carbocycles. The SMILES string of the molecule is Cc1cc(C(=O)NCCCOC(C)C)cc2c1N(C)S(=O)(=O)c1ccccc1-2. The summed E-state index contributed by atoms with van der Waals surface area (Å²) in [6, 6.07) is 10.4. The standard InChI is InChI=1S/C21H26N2O4S/c1-14(2)27-11-7-10-22-21(24)16-12-15(3)20-18(13-16)17-8-5-6-9-19(17)28(25,26)23(20)4/h5-6,8-9,12-14H,7,10-11H2,1-4H3,(H,22,24). The van der Waals surface area contributed by atoms with E-state index in [1.54, 1.807) is 43.4 Å². The van der Waals surface area contributed by atoms with Crippen molar-refractivity contribution in [3.8, 4) is 11.1 Å². The summed E-state index contributed by atoms with van der Waals surface area (Å²) in [5.74, 6) is -0.177. The number of fused-ring (bicyclic) bond motifs is 3. The summed E-state index contributed by atoms with van der Waals surface area (Å²) in [6.45, 7) is 6.89. The van der Waals surface area contributed by atoms with E-state index in [0.717, 1.165) is 17.5 Å². The fourth-order valence-corrected chi connectivity index (χ4v) is 4.90. The van der Waals surface area contributed by atoms with Crippen LogP contribution < -0.4 is 9.62 Å². The Morgan fingerprint density at radius 3 is 2.61 bits per heavy atom. The number of aryl methyl sites for hydroxylation is 1. The van der Waals surface area contributed by atoms with Crippen LogP contribution in [-0.4, -0.2) is 40.6 Å². The molecule has 0 bridgehead atoms. The third-order valence-electron chi connectivity index (χ3n) is 4.75. The Balaban J connectivity index is 1.89. The number of amides is 1. The van der Waals surface area contributed by atoms with E-state index in [-0.39, 0.29) is 16.9 Å². The molecule has 1 aliphatic heterocycles. The van der Waals surface area contributed by atoms with Crippen LogP contribution >= 0.6 is 0 Å². The molecule has 2 aromatic carbocycles. The predicted molar refractivity (Wildman–Crippen MR) is 110 cm³/mol. The molecule has 0 aliphatic carbocycles. The van der Waals surface area contributed by atoms with Gasteiger partial charge in [-0.25, -0.2) is 8.42 Å².